The van der Waals surface area contributed by atoms with Gasteiger partial charge in [0, 0.05) is 56.3 Å². The molecule has 0 radical (unpaired) electrons. The maximum atomic E-state index is 14.5. The first-order valence-electron chi connectivity index (χ1n) is 20.9. The van der Waals surface area contributed by atoms with E-state index in [0.717, 1.165) is 50.2 Å². The summed E-state index contributed by atoms with van der Waals surface area (Å²) >= 11 is 0. The van der Waals surface area contributed by atoms with Gasteiger partial charge in [-0.3, -0.25) is 9.59 Å². The third kappa shape index (κ3) is 11.7. The second-order valence-corrected chi connectivity index (χ2v) is 16.3. The van der Waals surface area contributed by atoms with Crippen LogP contribution in [0.4, 0.5) is 0 Å². The van der Waals surface area contributed by atoms with E-state index in [1.54, 1.807) is 51.2 Å². The summed E-state index contributed by atoms with van der Waals surface area (Å²) in [6.07, 6.45) is 8.13. The average Bonchev–Trinajstić information content (AvgIpc) is 3.73. The van der Waals surface area contributed by atoms with Crippen molar-refractivity contribution in [2.24, 2.45) is 5.41 Å². The highest BCUT2D eigenvalue weighted by atomic mass is 16.8. The van der Waals surface area contributed by atoms with Crippen molar-refractivity contribution in [2.75, 3.05) is 26.8 Å². The molecular weight excluding hydrogens is 757 g/mol. The summed E-state index contributed by atoms with van der Waals surface area (Å²) in [5.41, 5.74) is 1.01. The Balaban J connectivity index is 1.42. The predicted octanol–water partition coefficient (Wildman–Crippen LogP) is 5.87. The standard InChI is InChI=1S/C46H60N2O11/c1-6-8-15-23-46(24-16-9-7-2)58-37-29-33(42(52)48(5)35(41(51)47-25-26-49)27-31-17-11-10-12-18-31)28-36(39(37)59-46)56-43(53)34-20-14-13-19-32(34)21-22-38(50)57-40-44(54)55-30-45(40,3)4/h10-14,17-22,29,35-37,39-40,49H,6-9,15-16,23-28,30H2,1-5H3,(H,47,51)/t35-,36-,37-,39+,40+/m1/s1. The molecule has 1 aliphatic carbocycles. The van der Waals surface area contributed by atoms with Crippen LogP contribution < -0.4 is 5.32 Å². The summed E-state index contributed by atoms with van der Waals surface area (Å²) in [6, 6.07) is 15.1. The van der Waals surface area contributed by atoms with Gasteiger partial charge in [0.2, 0.25) is 17.9 Å². The molecule has 0 spiro atoms. The van der Waals surface area contributed by atoms with E-state index in [2.05, 4.69) is 19.2 Å². The monoisotopic (exact) mass is 816 g/mol. The van der Waals surface area contributed by atoms with Gasteiger partial charge in [-0.15, -0.1) is 0 Å². The van der Waals surface area contributed by atoms with E-state index in [-0.39, 0.29) is 38.2 Å². The number of likely N-dealkylation sites (N-methyl/N-ethyl adjacent to an activating group) is 1. The van der Waals surface area contributed by atoms with Crippen molar-refractivity contribution in [3.63, 3.8) is 0 Å². The number of ether oxygens (including phenoxy) is 5. The van der Waals surface area contributed by atoms with Crippen LogP contribution in [0, 0.1) is 5.41 Å². The smallest absolute Gasteiger partial charge is 0.348 e. The van der Waals surface area contributed by atoms with Gasteiger partial charge >= 0.3 is 17.9 Å². The number of hydrogen-bond donors (Lipinski definition) is 2. The number of carbonyl (C=O) groups is 5. The Morgan fingerprint density at radius 3 is 2.27 bits per heavy atom. The fourth-order valence-electron chi connectivity index (χ4n) is 7.78. The van der Waals surface area contributed by atoms with Gasteiger partial charge in [-0.1, -0.05) is 102 Å². The van der Waals surface area contributed by atoms with Crippen molar-refractivity contribution in [3.8, 4) is 0 Å². The van der Waals surface area contributed by atoms with E-state index in [0.29, 0.717) is 24.0 Å². The number of nitrogens with one attached hydrogen (secondary N) is 1. The summed E-state index contributed by atoms with van der Waals surface area (Å²) in [5.74, 6) is -3.87. The molecule has 5 atom stereocenters. The molecule has 0 aromatic heterocycles. The molecule has 2 amide bonds. The zero-order valence-electron chi connectivity index (χ0n) is 35.0. The molecule has 5 rings (SSSR count). The molecule has 2 heterocycles. The maximum Gasteiger partial charge on any atom is 0.348 e. The number of rotatable bonds is 20. The first-order valence-corrected chi connectivity index (χ1v) is 20.9. The number of benzene rings is 2. The van der Waals surface area contributed by atoms with Crippen molar-refractivity contribution in [1.82, 2.24) is 10.2 Å². The zero-order valence-corrected chi connectivity index (χ0v) is 35.0. The summed E-state index contributed by atoms with van der Waals surface area (Å²) in [5, 5.41) is 12.1. The normalized spacial score (nSPS) is 22.2. The highest BCUT2D eigenvalue weighted by molar-refractivity contribution is 5.98. The summed E-state index contributed by atoms with van der Waals surface area (Å²) in [6.45, 7) is 7.71. The minimum atomic E-state index is -1.06. The first kappa shape index (κ1) is 45.2. The van der Waals surface area contributed by atoms with Crippen LogP contribution in [0.15, 0.2) is 72.3 Å². The lowest BCUT2D eigenvalue weighted by Crippen LogP contribution is -2.51. The Bertz CT molecular complexity index is 1830. The molecule has 2 saturated heterocycles. The number of hydrogen-bond acceptors (Lipinski definition) is 11. The largest absolute Gasteiger partial charge is 0.462 e. The van der Waals surface area contributed by atoms with Gasteiger partial charge in [-0.2, -0.15) is 0 Å². The van der Waals surface area contributed by atoms with E-state index < -0.39 is 71.4 Å². The van der Waals surface area contributed by atoms with E-state index in [4.69, 9.17) is 23.7 Å². The number of esters is 3. The highest BCUT2D eigenvalue weighted by Gasteiger charge is 2.53. The summed E-state index contributed by atoms with van der Waals surface area (Å²) in [4.78, 5) is 68.5. The number of aliphatic hydroxyl groups excluding tert-OH is 1. The number of amides is 2. The molecule has 0 unspecified atom stereocenters. The summed E-state index contributed by atoms with van der Waals surface area (Å²) < 4.78 is 30.4. The number of carbonyl (C=O) groups excluding carboxylic acids is 5. The Morgan fingerprint density at radius 2 is 1.63 bits per heavy atom. The van der Waals surface area contributed by atoms with Crippen molar-refractivity contribution >= 4 is 35.8 Å². The van der Waals surface area contributed by atoms with Gasteiger partial charge in [0.05, 0.1) is 12.2 Å². The fraction of sp³-hybridized carbons (Fsp3) is 0.543. The lowest BCUT2D eigenvalue weighted by Gasteiger charge is -2.33. The molecule has 320 valence electrons. The molecule has 2 fully saturated rings. The molecular formula is C46H60N2O11. The van der Waals surface area contributed by atoms with Crippen molar-refractivity contribution in [3.05, 3.63) is 89.0 Å². The third-order valence-electron chi connectivity index (χ3n) is 11.1. The van der Waals surface area contributed by atoms with Crippen LogP contribution >= 0.6 is 0 Å². The number of fused-ring (bicyclic) bond motifs is 1. The highest BCUT2D eigenvalue weighted by Crippen LogP contribution is 2.43. The average molecular weight is 817 g/mol. The molecule has 13 heteroatoms. The predicted molar refractivity (Wildman–Crippen MR) is 220 cm³/mol. The molecule has 2 aliphatic heterocycles. The molecule has 2 aromatic carbocycles. The van der Waals surface area contributed by atoms with Crippen LogP contribution in [0.1, 0.15) is 107 Å². The van der Waals surface area contributed by atoms with E-state index in [1.807, 2.05) is 30.3 Å². The first-order chi connectivity index (χ1) is 28.3. The van der Waals surface area contributed by atoms with Crippen LogP contribution in [0.3, 0.4) is 0 Å². The minimum Gasteiger partial charge on any atom is -0.462 e. The SMILES string of the molecule is CCCCCC1(CCCCC)O[C@@H]2[C@@H](C=C(C(=O)N(C)[C@H](Cc3ccccc3)C(=O)NCCO)C[C@H]2OC(=O)c2ccccc2C=CC(=O)O[C@H]2C(=O)OCC2(C)C)O1. The third-order valence-corrected chi connectivity index (χ3v) is 11.1. The molecule has 13 nitrogen and oxygen atoms in total. The number of aliphatic hydroxyl groups is 1. The summed E-state index contributed by atoms with van der Waals surface area (Å²) in [7, 11) is 1.57. The lowest BCUT2D eigenvalue weighted by atomic mass is 9.90. The Morgan fingerprint density at radius 1 is 0.949 bits per heavy atom. The number of cyclic esters (lactones) is 1. The van der Waals surface area contributed by atoms with E-state index in [1.165, 1.54) is 11.0 Å². The van der Waals surface area contributed by atoms with Crippen molar-refractivity contribution in [2.45, 2.75) is 128 Å². The molecule has 0 bridgehead atoms. The van der Waals surface area contributed by atoms with Gasteiger partial charge in [0.1, 0.15) is 31.0 Å². The Hall–Kier alpha value is -4.85. The molecule has 59 heavy (non-hydrogen) atoms. The van der Waals surface area contributed by atoms with E-state index in [9.17, 15) is 29.1 Å². The number of nitrogens with zero attached hydrogens (tertiary/aromatic N) is 1. The van der Waals surface area contributed by atoms with Gasteiger partial charge in [0.25, 0.3) is 0 Å². The second kappa shape index (κ2) is 20.9. The van der Waals surface area contributed by atoms with E-state index >= 15 is 0 Å². The molecule has 3 aliphatic rings. The van der Waals surface area contributed by atoms with Gasteiger partial charge in [0.15, 0.2) is 5.79 Å². The van der Waals surface area contributed by atoms with Crippen LogP contribution in [0.25, 0.3) is 6.08 Å². The maximum absolute atomic E-state index is 14.5. The Labute approximate surface area is 347 Å². The van der Waals surface area contributed by atoms with Crippen LogP contribution in [-0.4, -0.2) is 103 Å². The van der Waals surface area contributed by atoms with Crippen LogP contribution in [0.2, 0.25) is 0 Å². The Kier molecular flexibility index (Phi) is 16.0. The van der Waals surface area contributed by atoms with Crippen molar-refractivity contribution in [1.29, 1.82) is 0 Å². The minimum absolute atomic E-state index is 0.00659. The van der Waals surface area contributed by atoms with Crippen molar-refractivity contribution < 1.29 is 52.8 Å². The molecule has 0 saturated carbocycles. The van der Waals surface area contributed by atoms with Gasteiger partial charge in [-0.05, 0) is 42.2 Å². The van der Waals surface area contributed by atoms with Crippen LogP contribution in [-0.2, 0) is 49.3 Å². The number of unbranched alkanes of at least 4 members (excludes halogenated alkanes) is 4. The quantitative estimate of drug-likeness (QED) is 0.0711. The molecule has 2 N–H and O–H groups in total. The van der Waals surface area contributed by atoms with Crippen LogP contribution in [0.5, 0.6) is 0 Å². The second-order valence-electron chi connectivity index (χ2n) is 16.3. The van der Waals surface area contributed by atoms with Gasteiger partial charge in [-0.25, -0.2) is 14.4 Å². The van der Waals surface area contributed by atoms with Gasteiger partial charge < -0.3 is 39.0 Å². The topological polar surface area (TPSA) is 167 Å². The fourth-order valence-corrected chi connectivity index (χ4v) is 7.78. The molecule has 2 aromatic rings. The lowest BCUT2D eigenvalue weighted by molar-refractivity contribution is -0.190. The zero-order chi connectivity index (χ0) is 42.6.